The van der Waals surface area contributed by atoms with E-state index in [0.717, 1.165) is 36.3 Å². The average molecular weight is 388 g/mol. The lowest BCUT2D eigenvalue weighted by molar-refractivity contribution is -0.132. The van der Waals surface area contributed by atoms with Gasteiger partial charge in [-0.05, 0) is 54.5 Å². The minimum absolute atomic E-state index is 0.0353. The lowest BCUT2D eigenvalue weighted by Crippen LogP contribution is -2.37. The zero-order valence-corrected chi connectivity index (χ0v) is 16.6. The molecule has 0 N–H and O–H groups in total. The van der Waals surface area contributed by atoms with Gasteiger partial charge in [-0.2, -0.15) is 0 Å². The Kier molecular flexibility index (Phi) is 6.63. The largest absolute Gasteiger partial charge is 0.497 e. The van der Waals surface area contributed by atoms with Gasteiger partial charge in [0.2, 0.25) is 5.91 Å². The smallest absolute Gasteiger partial charge is 0.227 e. The number of thiophene rings is 1. The Labute approximate surface area is 163 Å². The van der Waals surface area contributed by atoms with Crippen LogP contribution in [0.2, 0.25) is 0 Å². The molecule has 6 heteroatoms. The van der Waals surface area contributed by atoms with Gasteiger partial charge in [0.15, 0.2) is 5.78 Å². The van der Waals surface area contributed by atoms with E-state index in [1.807, 2.05) is 40.6 Å². The van der Waals surface area contributed by atoms with Gasteiger partial charge >= 0.3 is 0 Å². The maximum absolute atomic E-state index is 13.0. The van der Waals surface area contributed by atoms with Crippen molar-refractivity contribution in [2.75, 3.05) is 20.3 Å². The Morgan fingerprint density at radius 2 is 2.04 bits per heavy atom. The normalized spacial score (nSPS) is 16.3. The minimum atomic E-state index is 0.0353. The third kappa shape index (κ3) is 5.40. The van der Waals surface area contributed by atoms with E-state index in [2.05, 4.69) is 0 Å². The highest BCUT2D eigenvalue weighted by molar-refractivity contribution is 7.12. The fourth-order valence-corrected chi connectivity index (χ4v) is 3.99. The maximum Gasteiger partial charge on any atom is 0.227 e. The molecule has 1 atom stereocenters. The summed E-state index contributed by atoms with van der Waals surface area (Å²) in [6.45, 7) is 3.44. The first-order valence-electron chi connectivity index (χ1n) is 9.16. The number of amides is 1. The molecule has 5 nitrogen and oxygen atoms in total. The second-order valence-corrected chi connectivity index (χ2v) is 7.72. The first-order valence-corrected chi connectivity index (χ1v) is 10.0. The number of nitrogens with zero attached hydrogens (tertiary/aromatic N) is 1. The van der Waals surface area contributed by atoms with Crippen molar-refractivity contribution < 1.29 is 19.1 Å². The van der Waals surface area contributed by atoms with Gasteiger partial charge in [0.1, 0.15) is 5.75 Å². The zero-order valence-electron chi connectivity index (χ0n) is 15.8. The molecule has 144 valence electrons. The molecule has 2 aromatic rings. The number of methoxy groups -OCH3 is 1. The van der Waals surface area contributed by atoms with Gasteiger partial charge in [0.25, 0.3) is 0 Å². The average Bonchev–Trinajstić information content (AvgIpc) is 3.34. The Morgan fingerprint density at radius 3 is 2.63 bits per heavy atom. The monoisotopic (exact) mass is 387 g/mol. The van der Waals surface area contributed by atoms with Crippen LogP contribution in [0.1, 0.15) is 40.6 Å². The molecule has 0 aliphatic carbocycles. The molecular formula is C21H25NO4S. The number of ether oxygens (including phenoxy) is 2. The third-order valence-corrected chi connectivity index (χ3v) is 5.77. The SMILES string of the molecule is COc1ccc(CN(C[C@H]2CCCO2)C(=O)Cc2csc(C(C)=O)c2)cc1. The van der Waals surface area contributed by atoms with E-state index >= 15 is 0 Å². The summed E-state index contributed by atoms with van der Waals surface area (Å²) in [5, 5.41) is 1.90. The summed E-state index contributed by atoms with van der Waals surface area (Å²) in [6, 6.07) is 9.59. The van der Waals surface area contributed by atoms with Crippen molar-refractivity contribution >= 4 is 23.0 Å². The Hall–Kier alpha value is -2.18. The molecule has 1 amide bonds. The van der Waals surface area contributed by atoms with Crippen LogP contribution in [0.25, 0.3) is 0 Å². The fourth-order valence-electron chi connectivity index (χ4n) is 3.18. The van der Waals surface area contributed by atoms with Crippen LogP contribution in [0, 0.1) is 0 Å². The van der Waals surface area contributed by atoms with Crippen molar-refractivity contribution in [2.24, 2.45) is 0 Å². The standard InChI is InChI=1S/C21H25NO4S/c1-15(23)20-10-17(14-27-20)11-21(24)22(13-19-4-3-9-26-19)12-16-5-7-18(25-2)8-6-16/h5-8,10,14,19H,3-4,9,11-13H2,1-2H3/t19-/m1/s1. The summed E-state index contributed by atoms with van der Waals surface area (Å²) in [7, 11) is 1.64. The molecule has 27 heavy (non-hydrogen) atoms. The van der Waals surface area contributed by atoms with Crippen LogP contribution < -0.4 is 4.74 Å². The number of benzene rings is 1. The van der Waals surface area contributed by atoms with Crippen LogP contribution in [0.5, 0.6) is 5.75 Å². The Bertz CT molecular complexity index is 778. The second-order valence-electron chi connectivity index (χ2n) is 6.81. The van der Waals surface area contributed by atoms with Crippen molar-refractivity contribution in [3.8, 4) is 5.75 Å². The maximum atomic E-state index is 13.0. The van der Waals surface area contributed by atoms with E-state index in [4.69, 9.17) is 9.47 Å². The molecule has 0 radical (unpaired) electrons. The predicted molar refractivity (Wildman–Crippen MR) is 105 cm³/mol. The van der Waals surface area contributed by atoms with E-state index in [-0.39, 0.29) is 17.8 Å². The van der Waals surface area contributed by atoms with Crippen molar-refractivity contribution in [1.29, 1.82) is 0 Å². The van der Waals surface area contributed by atoms with Crippen LogP contribution >= 0.6 is 11.3 Å². The predicted octanol–water partition coefficient (Wildman–Crippen LogP) is 3.71. The van der Waals surface area contributed by atoms with Crippen molar-refractivity contribution in [1.82, 2.24) is 4.90 Å². The van der Waals surface area contributed by atoms with Crippen molar-refractivity contribution in [3.63, 3.8) is 0 Å². The summed E-state index contributed by atoms with van der Waals surface area (Å²) in [5.74, 6) is 0.883. The molecule has 1 aliphatic rings. The molecule has 0 spiro atoms. The van der Waals surface area contributed by atoms with Gasteiger partial charge in [-0.3, -0.25) is 9.59 Å². The minimum Gasteiger partial charge on any atom is -0.497 e. The van der Waals surface area contributed by atoms with Gasteiger partial charge in [-0.25, -0.2) is 0 Å². The highest BCUT2D eigenvalue weighted by atomic mass is 32.1. The van der Waals surface area contributed by atoms with Crippen LogP contribution in [0.3, 0.4) is 0 Å². The summed E-state index contributed by atoms with van der Waals surface area (Å²) in [4.78, 5) is 27.0. The van der Waals surface area contributed by atoms with Crippen molar-refractivity contribution in [3.05, 3.63) is 51.7 Å². The molecular weight excluding hydrogens is 362 g/mol. The second kappa shape index (κ2) is 9.15. The van der Waals surface area contributed by atoms with Gasteiger partial charge in [0.05, 0.1) is 24.5 Å². The number of rotatable bonds is 8. The van der Waals surface area contributed by atoms with Crippen LogP contribution in [-0.2, 0) is 22.5 Å². The Morgan fingerprint density at radius 1 is 1.26 bits per heavy atom. The van der Waals surface area contributed by atoms with E-state index < -0.39 is 0 Å². The first-order chi connectivity index (χ1) is 13.0. The number of hydrogen-bond acceptors (Lipinski definition) is 5. The first kappa shape index (κ1) is 19.6. The third-order valence-electron chi connectivity index (χ3n) is 4.69. The van der Waals surface area contributed by atoms with Crippen molar-refractivity contribution in [2.45, 2.75) is 38.8 Å². The van der Waals surface area contributed by atoms with E-state index in [9.17, 15) is 9.59 Å². The van der Waals surface area contributed by atoms with Crippen LogP contribution in [0.15, 0.2) is 35.7 Å². The van der Waals surface area contributed by atoms with Gasteiger partial charge in [0, 0.05) is 19.7 Å². The molecule has 3 rings (SSSR count). The summed E-state index contributed by atoms with van der Waals surface area (Å²) in [5.41, 5.74) is 1.94. The molecule has 1 aromatic heterocycles. The summed E-state index contributed by atoms with van der Waals surface area (Å²) < 4.78 is 10.9. The fraction of sp³-hybridized carbons (Fsp3) is 0.429. The molecule has 0 unspecified atom stereocenters. The zero-order chi connectivity index (χ0) is 19.2. The molecule has 2 heterocycles. The highest BCUT2D eigenvalue weighted by Gasteiger charge is 2.23. The quantitative estimate of drug-likeness (QED) is 0.648. The lowest BCUT2D eigenvalue weighted by atomic mass is 10.1. The van der Waals surface area contributed by atoms with E-state index in [1.165, 1.54) is 11.3 Å². The highest BCUT2D eigenvalue weighted by Crippen LogP contribution is 2.20. The van der Waals surface area contributed by atoms with Crippen LogP contribution in [0.4, 0.5) is 0 Å². The molecule has 0 saturated carbocycles. The lowest BCUT2D eigenvalue weighted by Gasteiger charge is -2.25. The molecule has 1 saturated heterocycles. The molecule has 1 aromatic carbocycles. The summed E-state index contributed by atoms with van der Waals surface area (Å²) in [6.07, 6.45) is 2.43. The topological polar surface area (TPSA) is 55.8 Å². The molecule has 1 aliphatic heterocycles. The van der Waals surface area contributed by atoms with Gasteiger partial charge < -0.3 is 14.4 Å². The number of carbonyl (C=O) groups is 2. The molecule has 0 bridgehead atoms. The summed E-state index contributed by atoms with van der Waals surface area (Å²) >= 11 is 1.39. The van der Waals surface area contributed by atoms with Crippen LogP contribution in [-0.4, -0.2) is 43.0 Å². The van der Waals surface area contributed by atoms with E-state index in [1.54, 1.807) is 14.0 Å². The number of hydrogen-bond donors (Lipinski definition) is 0. The van der Waals surface area contributed by atoms with Gasteiger partial charge in [-0.1, -0.05) is 12.1 Å². The Balaban J connectivity index is 1.70. The number of Topliss-reactive ketones (excluding diaryl/α,β-unsaturated/α-hetero) is 1. The number of carbonyl (C=O) groups excluding carboxylic acids is 2. The van der Waals surface area contributed by atoms with E-state index in [0.29, 0.717) is 24.4 Å². The van der Waals surface area contributed by atoms with Gasteiger partial charge in [-0.15, -0.1) is 11.3 Å². The number of ketones is 1. The molecule has 1 fully saturated rings.